The number of aryl methyl sites for hydroxylation is 1. The molecule has 2 aliphatic carbocycles. The molecule has 2 heterocycles. The van der Waals surface area contributed by atoms with Gasteiger partial charge in [0.25, 0.3) is 0 Å². The normalized spacial score (nSPS) is 26.0. The summed E-state index contributed by atoms with van der Waals surface area (Å²) in [6, 6.07) is 25.3. The molecular formula is C40H48N2O4. The van der Waals surface area contributed by atoms with Gasteiger partial charge in [0.05, 0.1) is 20.2 Å². The maximum Gasteiger partial charge on any atom is 0.176 e. The Kier molecular flexibility index (Phi) is 9.02. The predicted octanol–water partition coefficient (Wildman–Crippen LogP) is 6.68. The molecule has 0 aromatic heterocycles. The highest BCUT2D eigenvalue weighted by atomic mass is 16.5. The number of nitrogens with zero attached hydrogens (tertiary/aromatic N) is 2. The predicted molar refractivity (Wildman–Crippen MR) is 181 cm³/mol. The van der Waals surface area contributed by atoms with Crippen molar-refractivity contribution in [1.82, 2.24) is 9.80 Å². The third-order valence-electron chi connectivity index (χ3n) is 11.4. The number of ketones is 2. The third kappa shape index (κ3) is 5.68. The van der Waals surface area contributed by atoms with E-state index in [-0.39, 0.29) is 29.1 Å². The molecular weight excluding hydrogens is 572 g/mol. The van der Waals surface area contributed by atoms with Gasteiger partial charge in [-0.1, -0.05) is 79.6 Å². The summed E-state index contributed by atoms with van der Waals surface area (Å²) in [7, 11) is 1.74. The Morgan fingerprint density at radius 1 is 0.957 bits per heavy atom. The quantitative estimate of drug-likeness (QED) is 0.148. The summed E-state index contributed by atoms with van der Waals surface area (Å²) in [6.45, 7) is 4.42. The number of hydrogen-bond acceptors (Lipinski definition) is 6. The van der Waals surface area contributed by atoms with Gasteiger partial charge in [0.1, 0.15) is 11.9 Å². The number of hydrogen-bond donors (Lipinski definition) is 0. The highest BCUT2D eigenvalue weighted by Crippen LogP contribution is 2.64. The number of likely N-dealkylation sites (tertiary alicyclic amines) is 1. The molecule has 4 aliphatic rings. The smallest absolute Gasteiger partial charge is 0.176 e. The molecule has 7 rings (SSSR count). The lowest BCUT2D eigenvalue weighted by Gasteiger charge is -2.60. The molecule has 6 heteroatoms. The minimum absolute atomic E-state index is 0.0415. The van der Waals surface area contributed by atoms with Crippen LogP contribution in [-0.4, -0.2) is 72.8 Å². The molecule has 6 nitrogen and oxygen atoms in total. The van der Waals surface area contributed by atoms with Gasteiger partial charge in [-0.05, 0) is 88.1 Å². The largest absolute Gasteiger partial charge is 0.493 e. The van der Waals surface area contributed by atoms with Gasteiger partial charge in [0, 0.05) is 28.6 Å². The van der Waals surface area contributed by atoms with Gasteiger partial charge in [0.2, 0.25) is 0 Å². The standard InChI is InChI=1S/C40H48N2O4/c1-28(43)26-42-24-22-40-32-19-20-33(39(40)46-38-36(45-2)21-18-31(37(38)40)25-34(32)42)41(27-35(44)30-16-10-6-11-17-30)23-12-4-3-7-13-29-14-8-5-9-15-29/h5-6,8-11,14-18,21,32-34,39H,3-4,7,12-13,19-20,22-27H2,1-2H3/t32-,33+,34+,39-,40-/m0/s1. The molecule has 5 atom stereocenters. The first-order valence-electron chi connectivity index (χ1n) is 17.5. The highest BCUT2D eigenvalue weighted by Gasteiger charge is 2.66. The average Bonchev–Trinajstić information content (AvgIpc) is 3.42. The van der Waals surface area contributed by atoms with Crippen molar-refractivity contribution in [2.45, 2.75) is 88.3 Å². The summed E-state index contributed by atoms with van der Waals surface area (Å²) in [6.07, 6.45) is 9.64. The van der Waals surface area contributed by atoms with Gasteiger partial charge in [-0.2, -0.15) is 0 Å². The molecule has 3 aromatic carbocycles. The van der Waals surface area contributed by atoms with E-state index in [0.717, 1.165) is 75.1 Å². The van der Waals surface area contributed by atoms with Crippen LogP contribution in [0.15, 0.2) is 72.8 Å². The molecule has 0 unspecified atom stereocenters. The molecule has 0 N–H and O–H groups in total. The number of Topliss-reactive ketones (excluding diaryl/α,β-unsaturated/α-hetero) is 2. The first-order chi connectivity index (χ1) is 22.5. The number of rotatable bonds is 14. The molecule has 0 radical (unpaired) electrons. The maximum atomic E-state index is 13.7. The summed E-state index contributed by atoms with van der Waals surface area (Å²) in [5.74, 6) is 2.58. The summed E-state index contributed by atoms with van der Waals surface area (Å²) in [5, 5.41) is 0. The van der Waals surface area contributed by atoms with E-state index in [4.69, 9.17) is 9.47 Å². The third-order valence-corrected chi connectivity index (χ3v) is 11.4. The van der Waals surface area contributed by atoms with Crippen molar-refractivity contribution >= 4 is 11.6 Å². The summed E-state index contributed by atoms with van der Waals surface area (Å²) in [5.41, 5.74) is 4.76. The van der Waals surface area contributed by atoms with E-state index in [0.29, 0.717) is 25.0 Å². The van der Waals surface area contributed by atoms with Crippen LogP contribution in [0.25, 0.3) is 0 Å². The number of piperidine rings is 1. The number of unbranched alkanes of at least 4 members (excludes halogenated alkanes) is 3. The van der Waals surface area contributed by atoms with Crippen LogP contribution in [-0.2, 0) is 23.1 Å². The van der Waals surface area contributed by atoms with Gasteiger partial charge in [0.15, 0.2) is 17.3 Å². The number of benzene rings is 3. The van der Waals surface area contributed by atoms with E-state index >= 15 is 0 Å². The van der Waals surface area contributed by atoms with Gasteiger partial charge < -0.3 is 9.47 Å². The molecule has 0 amide bonds. The lowest BCUT2D eigenvalue weighted by atomic mass is 9.51. The zero-order chi connectivity index (χ0) is 31.7. The van der Waals surface area contributed by atoms with Gasteiger partial charge in [-0.3, -0.25) is 19.4 Å². The molecule has 2 bridgehead atoms. The minimum atomic E-state index is -0.123. The Labute approximate surface area is 274 Å². The van der Waals surface area contributed by atoms with Crippen molar-refractivity contribution in [2.24, 2.45) is 5.92 Å². The second-order valence-electron chi connectivity index (χ2n) is 14.1. The maximum absolute atomic E-state index is 13.7. The van der Waals surface area contributed by atoms with Crippen molar-refractivity contribution in [3.63, 3.8) is 0 Å². The van der Waals surface area contributed by atoms with Gasteiger partial charge in [-0.25, -0.2) is 0 Å². The van der Waals surface area contributed by atoms with E-state index in [1.54, 1.807) is 14.0 Å². The second-order valence-corrected chi connectivity index (χ2v) is 14.1. The molecule has 1 spiro atoms. The van der Waals surface area contributed by atoms with E-state index in [2.05, 4.69) is 52.3 Å². The van der Waals surface area contributed by atoms with E-state index in [1.165, 1.54) is 29.5 Å². The highest BCUT2D eigenvalue weighted by molar-refractivity contribution is 5.97. The fourth-order valence-electron chi connectivity index (χ4n) is 9.51. The first-order valence-corrected chi connectivity index (χ1v) is 17.5. The van der Waals surface area contributed by atoms with E-state index in [1.807, 2.05) is 30.3 Å². The van der Waals surface area contributed by atoms with Crippen LogP contribution in [0.3, 0.4) is 0 Å². The van der Waals surface area contributed by atoms with Crippen LogP contribution < -0.4 is 9.47 Å². The van der Waals surface area contributed by atoms with Crippen molar-refractivity contribution in [1.29, 1.82) is 0 Å². The Morgan fingerprint density at radius 2 is 1.72 bits per heavy atom. The minimum Gasteiger partial charge on any atom is -0.493 e. The second kappa shape index (κ2) is 13.3. The van der Waals surface area contributed by atoms with Crippen LogP contribution in [0.4, 0.5) is 0 Å². The zero-order valence-corrected chi connectivity index (χ0v) is 27.5. The molecule has 1 saturated heterocycles. The molecule has 2 fully saturated rings. The lowest BCUT2D eigenvalue weighted by Crippen LogP contribution is -2.69. The Balaban J connectivity index is 1.15. The molecule has 2 aliphatic heterocycles. The molecule has 46 heavy (non-hydrogen) atoms. The lowest BCUT2D eigenvalue weighted by molar-refractivity contribution is -0.123. The summed E-state index contributed by atoms with van der Waals surface area (Å²) >= 11 is 0. The van der Waals surface area contributed by atoms with Crippen molar-refractivity contribution in [3.8, 4) is 11.5 Å². The Hall–Kier alpha value is -3.48. The van der Waals surface area contributed by atoms with E-state index < -0.39 is 0 Å². The number of carbonyl (C=O) groups is 2. The van der Waals surface area contributed by atoms with Crippen LogP contribution in [0.1, 0.15) is 78.9 Å². The summed E-state index contributed by atoms with van der Waals surface area (Å²) < 4.78 is 13.0. The number of carbonyl (C=O) groups excluding carboxylic acids is 2. The fourth-order valence-corrected chi connectivity index (χ4v) is 9.51. The number of methoxy groups -OCH3 is 1. The SMILES string of the molecule is COc1ccc2c3c1O[C@H]1[C@H](N(CCCCCCc4ccccc4)CC(=O)c4ccccc4)CC[C@H]4[C@@H](C2)N(CC(C)=O)CC[C@@]341. The van der Waals surface area contributed by atoms with Gasteiger partial charge in [-0.15, -0.1) is 0 Å². The molecule has 3 aromatic rings. The number of ether oxygens (including phenoxy) is 2. The van der Waals surface area contributed by atoms with Crippen LogP contribution in [0, 0.1) is 5.92 Å². The fraction of sp³-hybridized carbons (Fsp3) is 0.500. The average molecular weight is 621 g/mol. The topological polar surface area (TPSA) is 59.1 Å². The van der Waals surface area contributed by atoms with Crippen molar-refractivity contribution in [3.05, 3.63) is 95.1 Å². The van der Waals surface area contributed by atoms with Crippen molar-refractivity contribution in [2.75, 3.05) is 33.3 Å². The van der Waals surface area contributed by atoms with Gasteiger partial charge >= 0.3 is 0 Å². The van der Waals surface area contributed by atoms with Crippen LogP contribution >= 0.6 is 0 Å². The summed E-state index contributed by atoms with van der Waals surface area (Å²) in [4.78, 5) is 31.0. The zero-order valence-electron chi connectivity index (χ0n) is 27.5. The first kappa shape index (κ1) is 31.1. The molecule has 1 saturated carbocycles. The monoisotopic (exact) mass is 620 g/mol. The van der Waals surface area contributed by atoms with Crippen molar-refractivity contribution < 1.29 is 19.1 Å². The van der Waals surface area contributed by atoms with Crippen LogP contribution in [0.5, 0.6) is 11.5 Å². The molecule has 242 valence electrons. The Bertz CT molecular complexity index is 1540. The van der Waals surface area contributed by atoms with Crippen LogP contribution in [0.2, 0.25) is 0 Å². The van der Waals surface area contributed by atoms with E-state index in [9.17, 15) is 9.59 Å². The Morgan fingerprint density at radius 3 is 2.48 bits per heavy atom.